The van der Waals surface area contributed by atoms with E-state index in [1.54, 1.807) is 24.1 Å². The first-order valence-corrected chi connectivity index (χ1v) is 12.3. The number of morpholine rings is 1. The molecule has 0 saturated carbocycles. The minimum absolute atomic E-state index is 0.202. The van der Waals surface area contributed by atoms with E-state index in [0.29, 0.717) is 57.0 Å². The van der Waals surface area contributed by atoms with Crippen LogP contribution in [0.25, 0.3) is 0 Å². The molecule has 8 heteroatoms. The van der Waals surface area contributed by atoms with Gasteiger partial charge in [0.05, 0.1) is 24.7 Å². The van der Waals surface area contributed by atoms with E-state index in [2.05, 4.69) is 6.07 Å². The van der Waals surface area contributed by atoms with Crippen molar-refractivity contribution in [1.29, 1.82) is 0 Å². The second-order valence-corrected chi connectivity index (χ2v) is 10.00. The van der Waals surface area contributed by atoms with Crippen molar-refractivity contribution >= 4 is 15.9 Å². The number of hydrogen-bond donors (Lipinski definition) is 0. The molecule has 32 heavy (non-hydrogen) atoms. The number of nitrogens with zero attached hydrogens (tertiary/aromatic N) is 2. The van der Waals surface area contributed by atoms with Gasteiger partial charge in [0.2, 0.25) is 10.0 Å². The Labute approximate surface area is 191 Å². The topological polar surface area (TPSA) is 76.2 Å². The molecule has 1 aliphatic rings. The van der Waals surface area contributed by atoms with Gasteiger partial charge in [0, 0.05) is 25.7 Å². The zero-order chi connectivity index (χ0) is 23.3. The van der Waals surface area contributed by atoms with E-state index in [1.807, 2.05) is 32.9 Å². The van der Waals surface area contributed by atoms with Gasteiger partial charge in [-0.3, -0.25) is 4.79 Å². The monoisotopic (exact) mass is 460 g/mol. The summed E-state index contributed by atoms with van der Waals surface area (Å²) in [6.45, 7) is 8.05. The number of aryl methyl sites for hydroxylation is 3. The lowest BCUT2D eigenvalue weighted by Gasteiger charge is -2.27. The molecule has 0 N–H and O–H groups in total. The SMILES string of the molecule is CCc1ccc(C(=O)N(C)CCOc2cc(C)cc(C)c2)cc1S(=O)(=O)N1CCOCC1. The minimum Gasteiger partial charge on any atom is -0.492 e. The van der Waals surface area contributed by atoms with Crippen molar-refractivity contribution in [2.75, 3.05) is 46.5 Å². The highest BCUT2D eigenvalue weighted by Gasteiger charge is 2.29. The number of amides is 1. The molecule has 3 rings (SSSR count). The zero-order valence-electron chi connectivity index (χ0n) is 19.3. The summed E-state index contributed by atoms with van der Waals surface area (Å²) in [5.74, 6) is 0.532. The van der Waals surface area contributed by atoms with Crippen LogP contribution in [0, 0.1) is 13.8 Å². The molecule has 1 aliphatic heterocycles. The van der Waals surface area contributed by atoms with E-state index >= 15 is 0 Å². The smallest absolute Gasteiger partial charge is 0.253 e. The fourth-order valence-corrected chi connectivity index (χ4v) is 5.51. The van der Waals surface area contributed by atoms with Gasteiger partial charge in [-0.15, -0.1) is 0 Å². The van der Waals surface area contributed by atoms with Gasteiger partial charge in [-0.1, -0.05) is 19.1 Å². The molecule has 1 amide bonds. The van der Waals surface area contributed by atoms with E-state index in [4.69, 9.17) is 9.47 Å². The fraction of sp³-hybridized carbons (Fsp3) is 0.458. The Hall–Kier alpha value is -2.42. The highest BCUT2D eigenvalue weighted by molar-refractivity contribution is 7.89. The van der Waals surface area contributed by atoms with Gasteiger partial charge < -0.3 is 14.4 Å². The van der Waals surface area contributed by atoms with Gasteiger partial charge in [0.15, 0.2) is 0 Å². The maximum atomic E-state index is 13.2. The number of carbonyl (C=O) groups excluding carboxylic acids is 1. The van der Waals surface area contributed by atoms with Crippen LogP contribution in [-0.2, 0) is 21.2 Å². The minimum atomic E-state index is -3.69. The summed E-state index contributed by atoms with van der Waals surface area (Å²) in [7, 11) is -2.00. The maximum Gasteiger partial charge on any atom is 0.253 e. The van der Waals surface area contributed by atoms with Crippen LogP contribution in [0.15, 0.2) is 41.3 Å². The molecule has 1 saturated heterocycles. The first-order valence-electron chi connectivity index (χ1n) is 10.9. The van der Waals surface area contributed by atoms with Crippen LogP contribution in [0.5, 0.6) is 5.75 Å². The number of rotatable bonds is 8. The summed E-state index contributed by atoms with van der Waals surface area (Å²) in [5, 5.41) is 0. The molecule has 0 aliphatic carbocycles. The molecule has 174 valence electrons. The highest BCUT2D eigenvalue weighted by Crippen LogP contribution is 2.24. The first kappa shape index (κ1) is 24.2. The summed E-state index contributed by atoms with van der Waals surface area (Å²) >= 11 is 0. The van der Waals surface area contributed by atoms with Gasteiger partial charge in [0.25, 0.3) is 5.91 Å². The second kappa shape index (κ2) is 10.5. The number of likely N-dealkylation sites (N-methyl/N-ethyl adjacent to an activating group) is 1. The normalized spacial score (nSPS) is 14.9. The largest absolute Gasteiger partial charge is 0.492 e. The van der Waals surface area contributed by atoms with Crippen molar-refractivity contribution in [3.63, 3.8) is 0 Å². The molecule has 0 aromatic heterocycles. The average Bonchev–Trinajstić information content (AvgIpc) is 2.78. The predicted octanol–water partition coefficient (Wildman–Crippen LogP) is 3.04. The number of ether oxygens (including phenoxy) is 2. The van der Waals surface area contributed by atoms with Crippen molar-refractivity contribution in [2.45, 2.75) is 32.1 Å². The molecule has 2 aromatic carbocycles. The summed E-state index contributed by atoms with van der Waals surface area (Å²) < 4.78 is 39.0. The highest BCUT2D eigenvalue weighted by atomic mass is 32.2. The Bertz CT molecular complexity index is 1040. The number of sulfonamides is 1. The van der Waals surface area contributed by atoms with E-state index in [1.165, 1.54) is 10.4 Å². The van der Waals surface area contributed by atoms with E-state index < -0.39 is 10.0 Å². The Morgan fingerprint density at radius 1 is 1.09 bits per heavy atom. The molecular formula is C24H32N2O5S. The van der Waals surface area contributed by atoms with Crippen molar-refractivity contribution in [2.24, 2.45) is 0 Å². The number of hydrogen-bond acceptors (Lipinski definition) is 5. The first-order chi connectivity index (χ1) is 15.2. The quantitative estimate of drug-likeness (QED) is 0.605. The van der Waals surface area contributed by atoms with Crippen LogP contribution < -0.4 is 4.74 Å². The molecule has 0 spiro atoms. The molecule has 2 aromatic rings. The lowest BCUT2D eigenvalue weighted by molar-refractivity contribution is 0.0729. The van der Waals surface area contributed by atoms with Crippen LogP contribution in [0.4, 0.5) is 0 Å². The van der Waals surface area contributed by atoms with Crippen LogP contribution in [0.3, 0.4) is 0 Å². The molecule has 1 fully saturated rings. The van der Waals surface area contributed by atoms with Crippen molar-refractivity contribution in [1.82, 2.24) is 9.21 Å². The molecule has 0 bridgehead atoms. The van der Waals surface area contributed by atoms with Crippen molar-refractivity contribution in [3.05, 3.63) is 58.7 Å². The van der Waals surface area contributed by atoms with Crippen molar-refractivity contribution < 1.29 is 22.7 Å². The van der Waals surface area contributed by atoms with Crippen molar-refractivity contribution in [3.8, 4) is 5.75 Å². The molecule has 7 nitrogen and oxygen atoms in total. The van der Waals surface area contributed by atoms with Crippen LogP contribution in [0.1, 0.15) is 34.0 Å². The summed E-state index contributed by atoms with van der Waals surface area (Å²) in [5.41, 5.74) is 3.29. The summed E-state index contributed by atoms with van der Waals surface area (Å²) in [6, 6.07) is 10.9. The third-order valence-electron chi connectivity index (χ3n) is 5.52. The lowest BCUT2D eigenvalue weighted by atomic mass is 10.1. The number of benzene rings is 2. The van der Waals surface area contributed by atoms with Crippen LogP contribution in [-0.4, -0.2) is 70.0 Å². The van der Waals surface area contributed by atoms with E-state index in [0.717, 1.165) is 16.9 Å². The molecule has 0 radical (unpaired) electrons. The van der Waals surface area contributed by atoms with E-state index in [9.17, 15) is 13.2 Å². The standard InChI is InChI=1S/C24H32N2O5S/c1-5-20-6-7-21(17-23(20)32(28,29)26-9-11-30-12-10-26)24(27)25(4)8-13-31-22-15-18(2)14-19(3)16-22/h6-7,14-17H,5,8-13H2,1-4H3. The van der Waals surface area contributed by atoms with E-state index in [-0.39, 0.29) is 10.8 Å². The van der Waals surface area contributed by atoms with Gasteiger partial charge in [-0.25, -0.2) is 8.42 Å². The van der Waals surface area contributed by atoms with Gasteiger partial charge in [-0.2, -0.15) is 4.31 Å². The fourth-order valence-electron chi connectivity index (χ4n) is 3.78. The Kier molecular flexibility index (Phi) is 7.92. The molecule has 0 atom stereocenters. The van der Waals surface area contributed by atoms with Gasteiger partial charge >= 0.3 is 0 Å². The van der Waals surface area contributed by atoms with Gasteiger partial charge in [0.1, 0.15) is 12.4 Å². The third-order valence-corrected chi connectivity index (χ3v) is 7.50. The maximum absolute atomic E-state index is 13.2. The second-order valence-electron chi connectivity index (χ2n) is 8.09. The summed E-state index contributed by atoms with van der Waals surface area (Å²) in [6.07, 6.45) is 0.562. The Balaban J connectivity index is 1.72. The summed E-state index contributed by atoms with van der Waals surface area (Å²) in [4.78, 5) is 14.7. The Morgan fingerprint density at radius 3 is 2.38 bits per heavy atom. The number of carbonyl (C=O) groups is 1. The average molecular weight is 461 g/mol. The predicted molar refractivity (Wildman–Crippen MR) is 124 cm³/mol. The zero-order valence-corrected chi connectivity index (χ0v) is 20.1. The van der Waals surface area contributed by atoms with Crippen LogP contribution in [0.2, 0.25) is 0 Å². The lowest BCUT2D eigenvalue weighted by Crippen LogP contribution is -2.41. The molecule has 1 heterocycles. The van der Waals surface area contributed by atoms with Gasteiger partial charge in [-0.05, 0) is 61.2 Å². The third kappa shape index (κ3) is 5.68. The van der Waals surface area contributed by atoms with Crippen LogP contribution >= 0.6 is 0 Å². The Morgan fingerprint density at radius 2 is 1.75 bits per heavy atom. The molecule has 0 unspecified atom stereocenters. The molecular weight excluding hydrogens is 428 g/mol.